The van der Waals surface area contributed by atoms with E-state index in [0.29, 0.717) is 12.1 Å². The Morgan fingerprint density at radius 3 is 2.81 bits per heavy atom. The summed E-state index contributed by atoms with van der Waals surface area (Å²) in [6, 6.07) is 0. The smallest absolute Gasteiger partial charge is 0.339 e. The molecule has 0 saturated heterocycles. The minimum atomic E-state index is -1.13. The van der Waals surface area contributed by atoms with E-state index >= 15 is 0 Å². The maximum atomic E-state index is 11.0. The molecule has 1 aliphatic heterocycles. The number of rotatable bonds is 4. The Bertz CT molecular complexity index is 396. The molecule has 0 bridgehead atoms. The fraction of sp³-hybridized carbons (Fsp3) is 0.300. The molecule has 0 saturated carbocycles. The van der Waals surface area contributed by atoms with Gasteiger partial charge >= 0.3 is 5.97 Å². The van der Waals surface area contributed by atoms with Gasteiger partial charge in [-0.15, -0.1) is 0 Å². The number of nitrogens with zero attached hydrogens (tertiary/aromatic N) is 2. The lowest BCUT2D eigenvalue weighted by molar-refractivity contribution is -0.132. The Balaban J connectivity index is 2.97. The number of allylic oxidation sites excluding steroid dienone is 1. The molecule has 0 amide bonds. The zero-order chi connectivity index (χ0) is 12.1. The lowest BCUT2D eigenvalue weighted by Crippen LogP contribution is -2.19. The molecule has 0 aromatic rings. The van der Waals surface area contributed by atoms with Gasteiger partial charge in [0, 0.05) is 12.1 Å². The van der Waals surface area contributed by atoms with Crippen molar-refractivity contribution in [3.05, 3.63) is 23.5 Å². The molecule has 1 unspecified atom stereocenters. The highest BCUT2D eigenvalue weighted by Crippen LogP contribution is 2.22. The SMILES string of the molecule is C=C(/C(C(=O)O)=C(/C)ON)C1C=NC=NC1. The minimum absolute atomic E-state index is 0.0314. The molecule has 0 aromatic heterocycles. The van der Waals surface area contributed by atoms with Gasteiger partial charge in [0.15, 0.2) is 0 Å². The lowest BCUT2D eigenvalue weighted by atomic mass is 9.93. The summed E-state index contributed by atoms with van der Waals surface area (Å²) in [5, 5.41) is 9.04. The van der Waals surface area contributed by atoms with Crippen molar-refractivity contribution in [3.63, 3.8) is 0 Å². The molecule has 0 spiro atoms. The van der Waals surface area contributed by atoms with Gasteiger partial charge in [-0.05, 0) is 12.5 Å². The third-order valence-electron chi connectivity index (χ3n) is 2.23. The van der Waals surface area contributed by atoms with Crippen LogP contribution in [0.5, 0.6) is 0 Å². The van der Waals surface area contributed by atoms with E-state index < -0.39 is 5.97 Å². The Labute approximate surface area is 92.8 Å². The lowest BCUT2D eigenvalue weighted by Gasteiger charge is -2.16. The molecule has 16 heavy (non-hydrogen) atoms. The molecule has 0 fully saturated rings. The van der Waals surface area contributed by atoms with Crippen LogP contribution in [0.25, 0.3) is 0 Å². The zero-order valence-corrected chi connectivity index (χ0v) is 8.88. The van der Waals surface area contributed by atoms with Gasteiger partial charge in [0.05, 0.1) is 6.54 Å². The van der Waals surface area contributed by atoms with Crippen LogP contribution < -0.4 is 5.90 Å². The van der Waals surface area contributed by atoms with Gasteiger partial charge < -0.3 is 9.94 Å². The van der Waals surface area contributed by atoms with Crippen LogP contribution in [0.1, 0.15) is 6.92 Å². The molecule has 1 aliphatic rings. The molecular formula is C10H13N3O3. The van der Waals surface area contributed by atoms with E-state index in [2.05, 4.69) is 21.4 Å². The minimum Gasteiger partial charge on any atom is -0.478 e. The summed E-state index contributed by atoms with van der Waals surface area (Å²) < 4.78 is 0. The quantitative estimate of drug-likeness (QED) is 0.314. The topological polar surface area (TPSA) is 97.3 Å². The normalized spacial score (nSPS) is 20.2. The number of hydrogen-bond donors (Lipinski definition) is 2. The number of carboxylic acid groups (broad SMARTS) is 1. The summed E-state index contributed by atoms with van der Waals surface area (Å²) in [6.45, 7) is 5.63. The monoisotopic (exact) mass is 223 g/mol. The van der Waals surface area contributed by atoms with Gasteiger partial charge in [-0.25, -0.2) is 9.79 Å². The predicted octanol–water partition coefficient (Wildman–Crippen LogP) is 0.520. The largest absolute Gasteiger partial charge is 0.478 e. The number of aliphatic carboxylic acids is 1. The van der Waals surface area contributed by atoms with Crippen molar-refractivity contribution in [2.75, 3.05) is 6.54 Å². The Morgan fingerprint density at radius 2 is 2.38 bits per heavy atom. The van der Waals surface area contributed by atoms with Crippen molar-refractivity contribution in [2.24, 2.45) is 21.8 Å². The molecule has 3 N–H and O–H groups in total. The number of nitrogens with two attached hydrogens (primary N) is 1. The van der Waals surface area contributed by atoms with Crippen molar-refractivity contribution in [1.29, 1.82) is 0 Å². The standard InChI is InChI=1S/C10H13N3O3/c1-6(8-3-12-5-13-4-8)9(10(14)15)7(2)16-11/h3,5,8H,1,4,11H2,2H3,(H,14,15)/b9-7+. The maximum absolute atomic E-state index is 11.0. The van der Waals surface area contributed by atoms with Gasteiger partial charge in [-0.2, -0.15) is 5.90 Å². The fourth-order valence-electron chi connectivity index (χ4n) is 1.36. The average Bonchev–Trinajstić information content (AvgIpc) is 2.29. The van der Waals surface area contributed by atoms with Crippen LogP contribution in [0.4, 0.5) is 0 Å². The molecular weight excluding hydrogens is 210 g/mol. The first-order valence-electron chi connectivity index (χ1n) is 4.59. The second-order valence-corrected chi connectivity index (χ2v) is 3.26. The predicted molar refractivity (Wildman–Crippen MR) is 60.1 cm³/mol. The van der Waals surface area contributed by atoms with Crippen molar-refractivity contribution in [3.8, 4) is 0 Å². The molecule has 86 valence electrons. The van der Waals surface area contributed by atoms with E-state index in [-0.39, 0.29) is 17.3 Å². The van der Waals surface area contributed by atoms with Gasteiger partial charge in [0.25, 0.3) is 0 Å². The summed E-state index contributed by atoms with van der Waals surface area (Å²) in [6.07, 6.45) is 3.02. The fourth-order valence-corrected chi connectivity index (χ4v) is 1.36. The van der Waals surface area contributed by atoms with Crippen LogP contribution in [-0.4, -0.2) is 30.2 Å². The van der Waals surface area contributed by atoms with Gasteiger partial charge in [0.1, 0.15) is 17.7 Å². The Kier molecular flexibility index (Phi) is 3.96. The summed E-state index contributed by atoms with van der Waals surface area (Å²) in [7, 11) is 0. The molecule has 6 nitrogen and oxygen atoms in total. The van der Waals surface area contributed by atoms with Crippen LogP contribution in [0.15, 0.2) is 33.5 Å². The highest BCUT2D eigenvalue weighted by atomic mass is 16.6. The third kappa shape index (κ3) is 2.54. The summed E-state index contributed by atoms with van der Waals surface area (Å²) in [4.78, 5) is 23.3. The van der Waals surface area contributed by atoms with Crippen LogP contribution in [0, 0.1) is 5.92 Å². The van der Waals surface area contributed by atoms with Crippen LogP contribution in [-0.2, 0) is 9.63 Å². The molecule has 0 aromatic carbocycles. The van der Waals surface area contributed by atoms with E-state index in [0.717, 1.165) is 0 Å². The first kappa shape index (κ1) is 12.1. The first-order valence-corrected chi connectivity index (χ1v) is 4.59. The van der Waals surface area contributed by atoms with Crippen molar-refractivity contribution in [2.45, 2.75) is 6.92 Å². The summed E-state index contributed by atoms with van der Waals surface area (Å²) in [5.41, 5.74) is 0.354. The molecule has 0 radical (unpaired) electrons. The van der Waals surface area contributed by atoms with Crippen molar-refractivity contribution >= 4 is 18.5 Å². The molecule has 1 rings (SSSR count). The number of carboxylic acids is 1. The van der Waals surface area contributed by atoms with Gasteiger partial charge in [0.2, 0.25) is 0 Å². The van der Waals surface area contributed by atoms with Crippen molar-refractivity contribution < 1.29 is 14.7 Å². The molecule has 1 atom stereocenters. The second kappa shape index (κ2) is 5.22. The molecule has 0 aliphatic carbocycles. The molecule has 6 heteroatoms. The number of carbonyl (C=O) groups is 1. The van der Waals surface area contributed by atoms with Gasteiger partial charge in [-0.1, -0.05) is 6.58 Å². The van der Waals surface area contributed by atoms with E-state index in [1.807, 2.05) is 0 Å². The Morgan fingerprint density at radius 1 is 1.69 bits per heavy atom. The third-order valence-corrected chi connectivity index (χ3v) is 2.23. The number of hydrogen-bond acceptors (Lipinski definition) is 5. The maximum Gasteiger partial charge on any atom is 0.339 e. The zero-order valence-electron chi connectivity index (χ0n) is 8.88. The molecule has 1 heterocycles. The second-order valence-electron chi connectivity index (χ2n) is 3.26. The van der Waals surface area contributed by atoms with E-state index in [1.54, 1.807) is 6.21 Å². The van der Waals surface area contributed by atoms with E-state index in [9.17, 15) is 4.79 Å². The Hall–Kier alpha value is -1.95. The summed E-state index contributed by atoms with van der Waals surface area (Å²) >= 11 is 0. The van der Waals surface area contributed by atoms with Crippen LogP contribution in [0.2, 0.25) is 0 Å². The van der Waals surface area contributed by atoms with Crippen LogP contribution >= 0.6 is 0 Å². The summed E-state index contributed by atoms with van der Waals surface area (Å²) in [5.74, 6) is 3.70. The van der Waals surface area contributed by atoms with Gasteiger partial charge in [-0.3, -0.25) is 4.99 Å². The number of aliphatic imine (C=N–C) groups is 2. The van der Waals surface area contributed by atoms with E-state index in [1.165, 1.54) is 13.3 Å². The first-order chi connectivity index (χ1) is 7.57. The average molecular weight is 223 g/mol. The highest BCUT2D eigenvalue weighted by molar-refractivity contribution is 5.94. The van der Waals surface area contributed by atoms with Crippen LogP contribution in [0.3, 0.4) is 0 Å². The highest BCUT2D eigenvalue weighted by Gasteiger charge is 2.23. The van der Waals surface area contributed by atoms with Crippen molar-refractivity contribution in [1.82, 2.24) is 0 Å². The van der Waals surface area contributed by atoms with E-state index in [4.69, 9.17) is 11.0 Å².